The fraction of sp³-hybridized carbons (Fsp3) is 1.00. The van der Waals surface area contributed by atoms with Gasteiger partial charge in [0.15, 0.2) is 0 Å². The summed E-state index contributed by atoms with van der Waals surface area (Å²) in [6.07, 6.45) is 2.57. The quantitative estimate of drug-likeness (QED) is 0.678. The maximum Gasteiger partial charge on any atom is 0.0619 e. The Balaban J connectivity index is 2.16. The lowest BCUT2D eigenvalue weighted by molar-refractivity contribution is -0.0201. The van der Waals surface area contributed by atoms with Crippen LogP contribution in [0, 0.1) is 0 Å². The normalized spacial score (nSPS) is 25.4. The second-order valence-corrected chi connectivity index (χ2v) is 4.51. The van der Waals surface area contributed by atoms with Crippen LogP contribution in [0.25, 0.3) is 0 Å². The van der Waals surface area contributed by atoms with Gasteiger partial charge >= 0.3 is 0 Å². The van der Waals surface area contributed by atoms with E-state index in [-0.39, 0.29) is 0 Å². The lowest BCUT2D eigenvalue weighted by atomic mass is 10.1. The summed E-state index contributed by atoms with van der Waals surface area (Å²) in [5.41, 5.74) is 0. The second-order valence-electron chi connectivity index (χ2n) is 4.51. The van der Waals surface area contributed by atoms with Gasteiger partial charge in [0.1, 0.15) is 0 Å². The number of hydrogen-bond donors (Lipinski definition) is 1. The standard InChI is InChI=1S/C12H26N2O/c1-4-13-7-5-6-11(2)14-8-9-15-10-12(14)3/h11-13H,4-10H2,1-3H3. The Kier molecular flexibility index (Phi) is 6.22. The number of nitrogens with one attached hydrogen (secondary N) is 1. The average Bonchev–Trinajstić information content (AvgIpc) is 2.25. The molecule has 2 atom stereocenters. The van der Waals surface area contributed by atoms with Crippen molar-refractivity contribution in [3.05, 3.63) is 0 Å². The molecule has 0 aromatic heterocycles. The van der Waals surface area contributed by atoms with Crippen LogP contribution in [0.5, 0.6) is 0 Å². The predicted molar refractivity (Wildman–Crippen MR) is 64.2 cm³/mol. The van der Waals surface area contributed by atoms with E-state index in [0.717, 1.165) is 32.8 Å². The fourth-order valence-corrected chi connectivity index (χ4v) is 2.26. The number of rotatable bonds is 6. The summed E-state index contributed by atoms with van der Waals surface area (Å²) >= 11 is 0. The van der Waals surface area contributed by atoms with Crippen LogP contribution < -0.4 is 5.32 Å². The minimum Gasteiger partial charge on any atom is -0.379 e. The van der Waals surface area contributed by atoms with Gasteiger partial charge in [-0.05, 0) is 39.8 Å². The predicted octanol–water partition coefficient (Wildman–Crippen LogP) is 1.49. The van der Waals surface area contributed by atoms with Crippen molar-refractivity contribution >= 4 is 0 Å². The molecule has 1 saturated heterocycles. The van der Waals surface area contributed by atoms with E-state index in [0.29, 0.717) is 12.1 Å². The summed E-state index contributed by atoms with van der Waals surface area (Å²) in [6, 6.07) is 1.29. The van der Waals surface area contributed by atoms with Gasteiger partial charge in [-0.15, -0.1) is 0 Å². The molecule has 0 saturated carbocycles. The first-order valence-corrected chi connectivity index (χ1v) is 6.30. The van der Waals surface area contributed by atoms with Gasteiger partial charge in [0.25, 0.3) is 0 Å². The third-order valence-corrected chi connectivity index (χ3v) is 3.21. The first-order valence-electron chi connectivity index (χ1n) is 6.30. The van der Waals surface area contributed by atoms with Gasteiger partial charge in [-0.25, -0.2) is 0 Å². The topological polar surface area (TPSA) is 24.5 Å². The zero-order valence-electron chi connectivity index (χ0n) is 10.5. The Morgan fingerprint density at radius 3 is 3.00 bits per heavy atom. The second kappa shape index (κ2) is 7.20. The van der Waals surface area contributed by atoms with Crippen molar-refractivity contribution in [1.82, 2.24) is 10.2 Å². The minimum absolute atomic E-state index is 0.591. The highest BCUT2D eigenvalue weighted by Crippen LogP contribution is 2.13. The Morgan fingerprint density at radius 1 is 1.53 bits per heavy atom. The van der Waals surface area contributed by atoms with Crippen LogP contribution in [0.3, 0.4) is 0 Å². The molecule has 0 aromatic rings. The van der Waals surface area contributed by atoms with Gasteiger partial charge in [0, 0.05) is 18.6 Å². The summed E-state index contributed by atoms with van der Waals surface area (Å²) in [7, 11) is 0. The molecule has 1 heterocycles. The number of hydrogen-bond acceptors (Lipinski definition) is 3. The highest BCUT2D eigenvalue weighted by atomic mass is 16.5. The number of morpholine rings is 1. The van der Waals surface area contributed by atoms with Crippen LogP contribution in [0.15, 0.2) is 0 Å². The van der Waals surface area contributed by atoms with Crippen molar-refractivity contribution < 1.29 is 4.74 Å². The largest absolute Gasteiger partial charge is 0.379 e. The molecule has 3 heteroatoms. The molecule has 1 N–H and O–H groups in total. The molecule has 0 bridgehead atoms. The Morgan fingerprint density at radius 2 is 2.33 bits per heavy atom. The zero-order valence-corrected chi connectivity index (χ0v) is 10.5. The molecular weight excluding hydrogens is 188 g/mol. The molecule has 0 aliphatic carbocycles. The molecule has 0 aromatic carbocycles. The van der Waals surface area contributed by atoms with E-state index >= 15 is 0 Å². The van der Waals surface area contributed by atoms with Crippen molar-refractivity contribution in [2.75, 3.05) is 32.8 Å². The fourth-order valence-electron chi connectivity index (χ4n) is 2.26. The van der Waals surface area contributed by atoms with Crippen LogP contribution in [0.1, 0.15) is 33.6 Å². The summed E-state index contributed by atoms with van der Waals surface area (Å²) < 4.78 is 5.45. The maximum atomic E-state index is 5.45. The molecule has 2 unspecified atom stereocenters. The van der Waals surface area contributed by atoms with Gasteiger partial charge in [0.05, 0.1) is 13.2 Å². The first-order chi connectivity index (χ1) is 7.25. The summed E-state index contributed by atoms with van der Waals surface area (Å²) in [6.45, 7) is 11.9. The van der Waals surface area contributed by atoms with Gasteiger partial charge < -0.3 is 10.1 Å². The van der Waals surface area contributed by atoms with Crippen molar-refractivity contribution in [3.8, 4) is 0 Å². The van der Waals surface area contributed by atoms with E-state index < -0.39 is 0 Å². The molecule has 3 nitrogen and oxygen atoms in total. The van der Waals surface area contributed by atoms with E-state index in [4.69, 9.17) is 4.74 Å². The van der Waals surface area contributed by atoms with E-state index in [1.807, 2.05) is 0 Å². The lowest BCUT2D eigenvalue weighted by Gasteiger charge is -2.38. The smallest absolute Gasteiger partial charge is 0.0619 e. The van der Waals surface area contributed by atoms with E-state index in [2.05, 4.69) is 31.0 Å². The van der Waals surface area contributed by atoms with Crippen LogP contribution in [-0.4, -0.2) is 49.8 Å². The highest BCUT2D eigenvalue weighted by molar-refractivity contribution is 4.76. The Hall–Kier alpha value is -0.120. The number of nitrogens with zero attached hydrogens (tertiary/aromatic N) is 1. The summed E-state index contributed by atoms with van der Waals surface area (Å²) in [4.78, 5) is 2.58. The monoisotopic (exact) mass is 214 g/mol. The SMILES string of the molecule is CCNCCCC(C)N1CCOCC1C. The molecule has 0 spiro atoms. The van der Waals surface area contributed by atoms with Crippen LogP contribution in [0.2, 0.25) is 0 Å². The van der Waals surface area contributed by atoms with Gasteiger partial charge in [-0.1, -0.05) is 6.92 Å². The van der Waals surface area contributed by atoms with Crippen LogP contribution in [0.4, 0.5) is 0 Å². The molecule has 1 fully saturated rings. The molecule has 1 aliphatic heterocycles. The molecule has 0 radical (unpaired) electrons. The van der Waals surface area contributed by atoms with E-state index in [1.165, 1.54) is 12.8 Å². The van der Waals surface area contributed by atoms with Crippen molar-refractivity contribution in [2.45, 2.75) is 45.7 Å². The highest BCUT2D eigenvalue weighted by Gasteiger charge is 2.22. The Bertz CT molecular complexity index is 164. The minimum atomic E-state index is 0.591. The molecule has 0 amide bonds. The van der Waals surface area contributed by atoms with Gasteiger partial charge in [0.2, 0.25) is 0 Å². The molecule has 90 valence electrons. The summed E-state index contributed by atoms with van der Waals surface area (Å²) in [5, 5.41) is 3.37. The molecule has 15 heavy (non-hydrogen) atoms. The first kappa shape index (κ1) is 12.9. The van der Waals surface area contributed by atoms with E-state index in [9.17, 15) is 0 Å². The molecule has 1 rings (SSSR count). The Labute approximate surface area is 94.2 Å². The molecule has 1 aliphatic rings. The van der Waals surface area contributed by atoms with Gasteiger partial charge in [-0.3, -0.25) is 4.90 Å². The zero-order chi connectivity index (χ0) is 11.1. The number of ether oxygens (including phenoxy) is 1. The van der Waals surface area contributed by atoms with Crippen molar-refractivity contribution in [1.29, 1.82) is 0 Å². The third-order valence-electron chi connectivity index (χ3n) is 3.21. The summed E-state index contributed by atoms with van der Waals surface area (Å²) in [5.74, 6) is 0. The van der Waals surface area contributed by atoms with E-state index in [1.54, 1.807) is 0 Å². The van der Waals surface area contributed by atoms with Crippen LogP contribution in [-0.2, 0) is 4.74 Å². The molecular formula is C12H26N2O. The van der Waals surface area contributed by atoms with Crippen molar-refractivity contribution in [3.63, 3.8) is 0 Å². The lowest BCUT2D eigenvalue weighted by Crippen LogP contribution is -2.48. The van der Waals surface area contributed by atoms with Crippen molar-refractivity contribution in [2.24, 2.45) is 0 Å². The van der Waals surface area contributed by atoms with Crippen LogP contribution >= 0.6 is 0 Å². The van der Waals surface area contributed by atoms with Gasteiger partial charge in [-0.2, -0.15) is 0 Å². The average molecular weight is 214 g/mol. The third kappa shape index (κ3) is 4.49. The maximum absolute atomic E-state index is 5.45.